The molecule has 0 heterocycles. The number of sulfonamides is 1. The molecule has 0 saturated heterocycles. The summed E-state index contributed by atoms with van der Waals surface area (Å²) in [5.41, 5.74) is 3.26. The average Bonchev–Trinajstić information content (AvgIpc) is 2.56. The van der Waals surface area contributed by atoms with Crippen molar-refractivity contribution in [3.8, 4) is 5.75 Å². The fraction of sp³-hybridized carbons (Fsp3) is 0.350. The van der Waals surface area contributed by atoms with Crippen molar-refractivity contribution in [3.63, 3.8) is 0 Å². The van der Waals surface area contributed by atoms with Crippen LogP contribution in [-0.4, -0.2) is 34.2 Å². The Morgan fingerprint density at radius 1 is 1.11 bits per heavy atom. The van der Waals surface area contributed by atoms with E-state index in [0.29, 0.717) is 23.5 Å². The third-order valence-electron chi connectivity index (χ3n) is 4.01. The van der Waals surface area contributed by atoms with Crippen LogP contribution in [0, 0.1) is 13.8 Å². The fourth-order valence-corrected chi connectivity index (χ4v) is 3.84. The maximum absolute atomic E-state index is 12.2. The van der Waals surface area contributed by atoms with Gasteiger partial charge in [0.05, 0.1) is 19.1 Å². The van der Waals surface area contributed by atoms with E-state index in [4.69, 9.17) is 4.74 Å². The molecule has 2 aromatic carbocycles. The predicted octanol–water partition coefficient (Wildman–Crippen LogP) is 3.50. The molecule has 1 amide bonds. The first-order chi connectivity index (χ1) is 12.7. The first kappa shape index (κ1) is 20.8. The average molecular weight is 391 g/mol. The SMILES string of the molecule is COc1cccc(NC(=O)CCCN(c2cc(C)cc(C)c2)S(C)(=O)=O)c1. The smallest absolute Gasteiger partial charge is 0.232 e. The Morgan fingerprint density at radius 2 is 1.78 bits per heavy atom. The van der Waals surface area contributed by atoms with E-state index in [0.717, 1.165) is 11.1 Å². The summed E-state index contributed by atoms with van der Waals surface area (Å²) in [7, 11) is -1.87. The van der Waals surface area contributed by atoms with E-state index in [9.17, 15) is 13.2 Å². The number of carbonyl (C=O) groups excluding carboxylic acids is 1. The molecule has 2 rings (SSSR count). The molecule has 0 aliphatic rings. The normalized spacial score (nSPS) is 11.1. The number of amides is 1. The van der Waals surface area contributed by atoms with Crippen LogP contribution in [-0.2, 0) is 14.8 Å². The summed E-state index contributed by atoms with van der Waals surface area (Å²) in [6.45, 7) is 4.10. The van der Waals surface area contributed by atoms with Crippen LogP contribution in [0.5, 0.6) is 5.75 Å². The van der Waals surface area contributed by atoms with Crippen LogP contribution < -0.4 is 14.4 Å². The van der Waals surface area contributed by atoms with E-state index in [-0.39, 0.29) is 18.9 Å². The minimum Gasteiger partial charge on any atom is -0.497 e. The summed E-state index contributed by atoms with van der Waals surface area (Å²) in [6.07, 6.45) is 1.81. The summed E-state index contributed by atoms with van der Waals surface area (Å²) >= 11 is 0. The van der Waals surface area contributed by atoms with E-state index in [2.05, 4.69) is 5.32 Å². The molecule has 0 aromatic heterocycles. The Kier molecular flexibility index (Phi) is 6.85. The lowest BCUT2D eigenvalue weighted by atomic mass is 10.1. The number of methoxy groups -OCH3 is 1. The van der Waals surface area contributed by atoms with Crippen molar-refractivity contribution in [2.75, 3.05) is 29.5 Å². The highest BCUT2D eigenvalue weighted by Gasteiger charge is 2.18. The second kappa shape index (κ2) is 8.90. The number of anilines is 2. The molecule has 0 fully saturated rings. The van der Waals surface area contributed by atoms with Crippen LogP contribution in [0.1, 0.15) is 24.0 Å². The van der Waals surface area contributed by atoms with Gasteiger partial charge < -0.3 is 10.1 Å². The van der Waals surface area contributed by atoms with Crippen molar-refractivity contribution in [1.29, 1.82) is 0 Å². The molecule has 6 nitrogen and oxygen atoms in total. The van der Waals surface area contributed by atoms with Gasteiger partial charge in [-0.15, -0.1) is 0 Å². The van der Waals surface area contributed by atoms with Crippen molar-refractivity contribution in [2.24, 2.45) is 0 Å². The highest BCUT2D eigenvalue weighted by molar-refractivity contribution is 7.92. The zero-order valence-corrected chi connectivity index (χ0v) is 17.0. The first-order valence-corrected chi connectivity index (χ1v) is 10.5. The minimum atomic E-state index is -3.43. The van der Waals surface area contributed by atoms with E-state index >= 15 is 0 Å². The van der Waals surface area contributed by atoms with Crippen molar-refractivity contribution in [1.82, 2.24) is 0 Å². The number of ether oxygens (including phenoxy) is 1. The number of carbonyl (C=O) groups is 1. The Labute approximate surface area is 161 Å². The van der Waals surface area contributed by atoms with Gasteiger partial charge in [-0.3, -0.25) is 9.10 Å². The topological polar surface area (TPSA) is 75.7 Å². The second-order valence-electron chi connectivity index (χ2n) is 6.56. The van der Waals surface area contributed by atoms with E-state index in [1.54, 1.807) is 31.4 Å². The highest BCUT2D eigenvalue weighted by atomic mass is 32.2. The first-order valence-electron chi connectivity index (χ1n) is 8.69. The van der Waals surface area contributed by atoms with Gasteiger partial charge in [-0.2, -0.15) is 0 Å². The monoisotopic (exact) mass is 390 g/mol. The molecule has 0 aliphatic heterocycles. The van der Waals surface area contributed by atoms with Gasteiger partial charge in [0.1, 0.15) is 5.75 Å². The second-order valence-corrected chi connectivity index (χ2v) is 8.47. The van der Waals surface area contributed by atoms with Crippen LogP contribution in [0.15, 0.2) is 42.5 Å². The lowest BCUT2D eigenvalue weighted by Gasteiger charge is -2.23. The molecule has 0 aliphatic carbocycles. The molecule has 27 heavy (non-hydrogen) atoms. The quantitative estimate of drug-likeness (QED) is 0.749. The van der Waals surface area contributed by atoms with Crippen molar-refractivity contribution in [2.45, 2.75) is 26.7 Å². The van der Waals surface area contributed by atoms with Crippen LogP contribution in [0.2, 0.25) is 0 Å². The van der Waals surface area contributed by atoms with Crippen LogP contribution in [0.3, 0.4) is 0 Å². The van der Waals surface area contributed by atoms with E-state index < -0.39 is 10.0 Å². The number of hydrogen-bond acceptors (Lipinski definition) is 4. The fourth-order valence-electron chi connectivity index (χ4n) is 2.89. The molecule has 0 atom stereocenters. The summed E-state index contributed by atoms with van der Waals surface area (Å²) in [6, 6.07) is 12.8. The van der Waals surface area contributed by atoms with Crippen molar-refractivity contribution >= 4 is 27.3 Å². The lowest BCUT2D eigenvalue weighted by molar-refractivity contribution is -0.116. The number of benzene rings is 2. The number of aryl methyl sites for hydroxylation is 2. The summed E-state index contributed by atoms with van der Waals surface area (Å²) < 4.78 is 30.9. The molecular weight excluding hydrogens is 364 g/mol. The van der Waals surface area contributed by atoms with Gasteiger partial charge in [0, 0.05) is 24.7 Å². The lowest BCUT2D eigenvalue weighted by Crippen LogP contribution is -2.31. The van der Waals surface area contributed by atoms with Gasteiger partial charge in [-0.25, -0.2) is 8.42 Å². The Balaban J connectivity index is 2.00. The highest BCUT2D eigenvalue weighted by Crippen LogP contribution is 2.22. The molecule has 7 heteroatoms. The third kappa shape index (κ3) is 6.29. The van der Waals surface area contributed by atoms with Gasteiger partial charge in [-0.1, -0.05) is 12.1 Å². The predicted molar refractivity (Wildman–Crippen MR) is 109 cm³/mol. The van der Waals surface area contributed by atoms with Gasteiger partial charge in [0.2, 0.25) is 15.9 Å². The molecule has 0 unspecified atom stereocenters. The maximum Gasteiger partial charge on any atom is 0.232 e. The van der Waals surface area contributed by atoms with Crippen LogP contribution in [0.25, 0.3) is 0 Å². The largest absolute Gasteiger partial charge is 0.497 e. The molecular formula is C20H26N2O4S. The van der Waals surface area contributed by atoms with Crippen LogP contribution >= 0.6 is 0 Å². The van der Waals surface area contributed by atoms with Gasteiger partial charge in [0.15, 0.2) is 0 Å². The number of hydrogen-bond donors (Lipinski definition) is 1. The van der Waals surface area contributed by atoms with Crippen LogP contribution in [0.4, 0.5) is 11.4 Å². The number of rotatable bonds is 8. The van der Waals surface area contributed by atoms with Gasteiger partial charge in [0.25, 0.3) is 0 Å². The van der Waals surface area contributed by atoms with Crippen molar-refractivity contribution < 1.29 is 17.9 Å². The Bertz CT molecular complexity index is 890. The Morgan fingerprint density at radius 3 is 2.37 bits per heavy atom. The zero-order valence-electron chi connectivity index (χ0n) is 16.2. The van der Waals surface area contributed by atoms with Crippen molar-refractivity contribution in [3.05, 3.63) is 53.6 Å². The number of nitrogens with zero attached hydrogens (tertiary/aromatic N) is 1. The third-order valence-corrected chi connectivity index (χ3v) is 5.21. The molecule has 2 aromatic rings. The zero-order chi connectivity index (χ0) is 20.0. The maximum atomic E-state index is 12.2. The summed E-state index contributed by atoms with van der Waals surface area (Å²) in [5, 5.41) is 2.80. The van der Waals surface area contributed by atoms with E-state index in [1.165, 1.54) is 10.6 Å². The van der Waals surface area contributed by atoms with Gasteiger partial charge in [-0.05, 0) is 55.7 Å². The summed E-state index contributed by atoms with van der Waals surface area (Å²) in [5.74, 6) is 0.489. The number of nitrogens with one attached hydrogen (secondary N) is 1. The molecule has 0 spiro atoms. The Hall–Kier alpha value is -2.54. The standard InChI is InChI=1S/C20H26N2O4S/c1-15-11-16(2)13-18(12-15)22(27(4,24)25)10-6-9-20(23)21-17-7-5-8-19(14-17)26-3/h5,7-8,11-14H,6,9-10H2,1-4H3,(H,21,23). The molecule has 1 N–H and O–H groups in total. The summed E-state index contributed by atoms with van der Waals surface area (Å²) in [4.78, 5) is 12.2. The molecule has 0 bridgehead atoms. The van der Waals surface area contributed by atoms with E-state index in [1.807, 2.05) is 32.0 Å². The molecule has 0 radical (unpaired) electrons. The van der Waals surface area contributed by atoms with Gasteiger partial charge >= 0.3 is 0 Å². The minimum absolute atomic E-state index is 0.169. The molecule has 0 saturated carbocycles. The molecule has 146 valence electrons.